The fourth-order valence-electron chi connectivity index (χ4n) is 1.91. The summed E-state index contributed by atoms with van der Waals surface area (Å²) < 4.78 is 13.1. The predicted octanol–water partition coefficient (Wildman–Crippen LogP) is 3.03. The highest BCUT2D eigenvalue weighted by atomic mass is 19.1. The Labute approximate surface area is 103 Å². The number of unbranched alkanes of at least 4 members (excludes halogenated alkanes) is 2. The maximum absolute atomic E-state index is 13.1. The van der Waals surface area contributed by atoms with Crippen LogP contribution < -0.4 is 5.32 Å². The Balaban J connectivity index is 2.38. The Kier molecular flexibility index (Phi) is 6.82. The molecule has 3 heteroatoms. The molecule has 1 unspecified atom stereocenters. The van der Waals surface area contributed by atoms with E-state index in [1.165, 1.54) is 6.07 Å². The summed E-state index contributed by atoms with van der Waals surface area (Å²) in [6.07, 6.45) is 3.89. The number of rotatable bonds is 8. The van der Waals surface area contributed by atoms with Gasteiger partial charge in [0, 0.05) is 12.6 Å². The molecule has 1 rings (SSSR count). The smallest absolute Gasteiger partial charge is 0.123 e. The fourth-order valence-corrected chi connectivity index (χ4v) is 1.91. The van der Waals surface area contributed by atoms with E-state index in [9.17, 15) is 4.39 Å². The second-order valence-electron chi connectivity index (χ2n) is 4.25. The van der Waals surface area contributed by atoms with E-state index >= 15 is 0 Å². The molecule has 0 fully saturated rings. The van der Waals surface area contributed by atoms with E-state index in [-0.39, 0.29) is 18.5 Å². The Hall–Kier alpha value is -0.930. The van der Waals surface area contributed by atoms with Crippen molar-refractivity contribution in [1.29, 1.82) is 0 Å². The highest BCUT2D eigenvalue weighted by Gasteiger charge is 2.08. The standard InChI is InChI=1S/C14H22FNO/c1-2-14(16-9-4-3-5-10-17)12-7-6-8-13(15)11-12/h6-8,11,14,16-17H,2-5,9-10H2,1H3. The summed E-state index contributed by atoms with van der Waals surface area (Å²) in [6.45, 7) is 3.27. The van der Waals surface area contributed by atoms with Crippen LogP contribution in [0.2, 0.25) is 0 Å². The van der Waals surface area contributed by atoms with E-state index in [0.29, 0.717) is 0 Å². The van der Waals surface area contributed by atoms with Crippen molar-refractivity contribution in [3.05, 3.63) is 35.6 Å². The van der Waals surface area contributed by atoms with Crippen molar-refractivity contribution in [3.8, 4) is 0 Å². The number of hydrogen-bond acceptors (Lipinski definition) is 2. The van der Waals surface area contributed by atoms with Crippen LogP contribution in [0, 0.1) is 5.82 Å². The Morgan fingerprint density at radius 2 is 2.12 bits per heavy atom. The zero-order chi connectivity index (χ0) is 12.5. The van der Waals surface area contributed by atoms with E-state index in [1.807, 2.05) is 6.07 Å². The van der Waals surface area contributed by atoms with E-state index in [4.69, 9.17) is 5.11 Å². The van der Waals surface area contributed by atoms with Gasteiger partial charge in [0.25, 0.3) is 0 Å². The number of aliphatic hydroxyl groups is 1. The summed E-state index contributed by atoms with van der Waals surface area (Å²) in [5.74, 6) is -0.178. The average molecular weight is 239 g/mol. The molecule has 0 heterocycles. The summed E-state index contributed by atoms with van der Waals surface area (Å²) in [5.41, 5.74) is 1.01. The molecule has 1 atom stereocenters. The summed E-state index contributed by atoms with van der Waals surface area (Å²) in [6, 6.07) is 6.99. The second kappa shape index (κ2) is 8.20. The van der Waals surface area contributed by atoms with Crippen molar-refractivity contribution < 1.29 is 9.50 Å². The maximum atomic E-state index is 13.1. The van der Waals surface area contributed by atoms with Crippen molar-refractivity contribution in [2.24, 2.45) is 0 Å². The van der Waals surface area contributed by atoms with Gasteiger partial charge in [-0.2, -0.15) is 0 Å². The molecule has 0 bridgehead atoms. The van der Waals surface area contributed by atoms with E-state index < -0.39 is 0 Å². The number of nitrogens with one attached hydrogen (secondary N) is 1. The summed E-state index contributed by atoms with van der Waals surface area (Å²) in [4.78, 5) is 0. The van der Waals surface area contributed by atoms with Crippen molar-refractivity contribution in [2.45, 2.75) is 38.6 Å². The van der Waals surface area contributed by atoms with Gasteiger partial charge in [-0.05, 0) is 49.9 Å². The van der Waals surface area contributed by atoms with Crippen LogP contribution in [0.4, 0.5) is 4.39 Å². The molecule has 0 aliphatic heterocycles. The quantitative estimate of drug-likeness (QED) is 0.683. The minimum atomic E-state index is -0.178. The molecular formula is C14H22FNO. The number of hydrogen-bond donors (Lipinski definition) is 2. The summed E-state index contributed by atoms with van der Waals surface area (Å²) in [5, 5.41) is 12.1. The van der Waals surface area contributed by atoms with Crippen molar-refractivity contribution in [3.63, 3.8) is 0 Å². The molecular weight excluding hydrogens is 217 g/mol. The van der Waals surface area contributed by atoms with Crippen LogP contribution in [0.25, 0.3) is 0 Å². The van der Waals surface area contributed by atoms with Crippen molar-refractivity contribution in [1.82, 2.24) is 5.32 Å². The van der Waals surface area contributed by atoms with Gasteiger partial charge in [0.2, 0.25) is 0 Å². The lowest BCUT2D eigenvalue weighted by Gasteiger charge is -2.17. The van der Waals surface area contributed by atoms with Crippen LogP contribution in [0.15, 0.2) is 24.3 Å². The Morgan fingerprint density at radius 3 is 2.76 bits per heavy atom. The highest BCUT2D eigenvalue weighted by Crippen LogP contribution is 2.17. The molecule has 0 radical (unpaired) electrons. The van der Waals surface area contributed by atoms with Crippen LogP contribution in [0.1, 0.15) is 44.2 Å². The molecule has 0 spiro atoms. The predicted molar refractivity (Wildman–Crippen MR) is 68.4 cm³/mol. The summed E-state index contributed by atoms with van der Waals surface area (Å²) in [7, 11) is 0. The first kappa shape index (κ1) is 14.1. The highest BCUT2D eigenvalue weighted by molar-refractivity contribution is 5.19. The van der Waals surface area contributed by atoms with Crippen molar-refractivity contribution in [2.75, 3.05) is 13.2 Å². The second-order valence-corrected chi connectivity index (χ2v) is 4.25. The van der Waals surface area contributed by atoms with Crippen LogP contribution >= 0.6 is 0 Å². The Bertz CT molecular complexity index is 317. The monoisotopic (exact) mass is 239 g/mol. The molecule has 0 amide bonds. The lowest BCUT2D eigenvalue weighted by atomic mass is 10.0. The first-order valence-electron chi connectivity index (χ1n) is 6.37. The third-order valence-corrected chi connectivity index (χ3v) is 2.88. The zero-order valence-corrected chi connectivity index (χ0v) is 10.5. The topological polar surface area (TPSA) is 32.3 Å². The minimum absolute atomic E-state index is 0.178. The van der Waals surface area contributed by atoms with Crippen LogP contribution in [-0.2, 0) is 0 Å². The van der Waals surface area contributed by atoms with Gasteiger partial charge in [0.15, 0.2) is 0 Å². The molecule has 1 aromatic rings. The molecule has 0 saturated carbocycles. The minimum Gasteiger partial charge on any atom is -0.396 e. The summed E-state index contributed by atoms with van der Waals surface area (Å²) >= 11 is 0. The van der Waals surface area contributed by atoms with E-state index in [2.05, 4.69) is 12.2 Å². The fraction of sp³-hybridized carbons (Fsp3) is 0.571. The number of benzene rings is 1. The van der Waals surface area contributed by atoms with Gasteiger partial charge >= 0.3 is 0 Å². The molecule has 1 aromatic carbocycles. The van der Waals surface area contributed by atoms with Gasteiger partial charge in [-0.3, -0.25) is 0 Å². The SMILES string of the molecule is CCC(NCCCCCO)c1cccc(F)c1. The largest absolute Gasteiger partial charge is 0.396 e. The molecule has 0 aliphatic carbocycles. The lowest BCUT2D eigenvalue weighted by molar-refractivity contribution is 0.282. The third kappa shape index (κ3) is 5.29. The maximum Gasteiger partial charge on any atom is 0.123 e. The number of aliphatic hydroxyl groups excluding tert-OH is 1. The van der Waals surface area contributed by atoms with Crippen LogP contribution in [0.5, 0.6) is 0 Å². The van der Waals surface area contributed by atoms with Gasteiger partial charge in [-0.25, -0.2) is 4.39 Å². The normalized spacial score (nSPS) is 12.6. The molecule has 17 heavy (non-hydrogen) atoms. The van der Waals surface area contributed by atoms with Gasteiger partial charge < -0.3 is 10.4 Å². The van der Waals surface area contributed by atoms with E-state index in [1.54, 1.807) is 12.1 Å². The van der Waals surface area contributed by atoms with Gasteiger partial charge in [0.1, 0.15) is 5.82 Å². The third-order valence-electron chi connectivity index (χ3n) is 2.88. The van der Waals surface area contributed by atoms with E-state index in [0.717, 1.165) is 37.8 Å². The molecule has 0 aliphatic rings. The zero-order valence-electron chi connectivity index (χ0n) is 10.5. The Morgan fingerprint density at radius 1 is 1.29 bits per heavy atom. The molecule has 96 valence electrons. The lowest BCUT2D eigenvalue weighted by Crippen LogP contribution is -2.22. The molecule has 0 saturated heterocycles. The van der Waals surface area contributed by atoms with Crippen LogP contribution in [0.3, 0.4) is 0 Å². The van der Waals surface area contributed by atoms with Crippen molar-refractivity contribution >= 4 is 0 Å². The van der Waals surface area contributed by atoms with Gasteiger partial charge in [-0.1, -0.05) is 19.1 Å². The first-order chi connectivity index (χ1) is 8.27. The van der Waals surface area contributed by atoms with Crippen LogP contribution in [-0.4, -0.2) is 18.3 Å². The molecule has 2 nitrogen and oxygen atoms in total. The first-order valence-corrected chi connectivity index (χ1v) is 6.37. The van der Waals surface area contributed by atoms with Gasteiger partial charge in [0.05, 0.1) is 0 Å². The van der Waals surface area contributed by atoms with Gasteiger partial charge in [-0.15, -0.1) is 0 Å². The molecule has 2 N–H and O–H groups in total. The average Bonchev–Trinajstić information content (AvgIpc) is 2.34. The number of halogens is 1. The molecule has 0 aromatic heterocycles.